The first-order valence-corrected chi connectivity index (χ1v) is 9.63. The molecule has 28 heavy (non-hydrogen) atoms. The van der Waals surface area contributed by atoms with Crippen LogP contribution in [0.2, 0.25) is 0 Å². The van der Waals surface area contributed by atoms with E-state index in [0.29, 0.717) is 11.3 Å². The van der Waals surface area contributed by atoms with Crippen LogP contribution in [0.15, 0.2) is 48.2 Å². The van der Waals surface area contributed by atoms with Crippen molar-refractivity contribution in [3.63, 3.8) is 0 Å². The quantitative estimate of drug-likeness (QED) is 0.774. The van der Waals surface area contributed by atoms with E-state index in [1.54, 1.807) is 0 Å². The molecule has 0 saturated heterocycles. The van der Waals surface area contributed by atoms with Gasteiger partial charge < -0.3 is 10.2 Å². The van der Waals surface area contributed by atoms with Crippen molar-refractivity contribution >= 4 is 28.8 Å². The molecule has 0 radical (unpaired) electrons. The molecular weight excluding hydrogens is 350 g/mol. The van der Waals surface area contributed by atoms with Gasteiger partial charge in [0.05, 0.1) is 5.57 Å². The number of anilines is 2. The van der Waals surface area contributed by atoms with Gasteiger partial charge in [-0.25, -0.2) is 0 Å². The number of aryl methyl sites for hydroxylation is 2. The second-order valence-corrected chi connectivity index (χ2v) is 7.08. The van der Waals surface area contributed by atoms with Crippen LogP contribution in [0, 0.1) is 13.8 Å². The van der Waals surface area contributed by atoms with E-state index >= 15 is 0 Å². The molecule has 0 bridgehead atoms. The van der Waals surface area contributed by atoms with Crippen LogP contribution in [-0.4, -0.2) is 36.9 Å². The van der Waals surface area contributed by atoms with Gasteiger partial charge in [-0.2, -0.15) is 0 Å². The third-order valence-electron chi connectivity index (χ3n) is 5.20. The van der Waals surface area contributed by atoms with E-state index in [1.807, 2.05) is 56.3 Å². The zero-order valence-corrected chi connectivity index (χ0v) is 17.2. The number of imide groups is 1. The van der Waals surface area contributed by atoms with Crippen LogP contribution in [0.25, 0.3) is 5.57 Å². The predicted octanol–water partition coefficient (Wildman–Crippen LogP) is 3.97. The second-order valence-electron chi connectivity index (χ2n) is 7.08. The van der Waals surface area contributed by atoms with Crippen LogP contribution in [0.4, 0.5) is 11.4 Å². The summed E-state index contributed by atoms with van der Waals surface area (Å²) in [5, 5.41) is 3.19. The standard InChI is InChI=1S/C23H27N3O2/c1-6-26(7-2)18-11-9-17(10-12-18)24-21-20(22(27)25(5)23(21)28)19-13-8-15(3)14-16(19)4/h8-14,24H,6-7H2,1-5H3. The van der Waals surface area contributed by atoms with Crippen LogP contribution in [0.1, 0.15) is 30.5 Å². The Hall–Kier alpha value is -3.08. The van der Waals surface area contributed by atoms with Crippen molar-refractivity contribution in [3.8, 4) is 0 Å². The molecule has 0 aromatic heterocycles. The summed E-state index contributed by atoms with van der Waals surface area (Å²) in [6.45, 7) is 10.1. The summed E-state index contributed by atoms with van der Waals surface area (Å²) in [7, 11) is 1.52. The van der Waals surface area contributed by atoms with Gasteiger partial charge in [0, 0.05) is 31.5 Å². The Morgan fingerprint density at radius 3 is 2.14 bits per heavy atom. The minimum absolute atomic E-state index is 0.279. The zero-order chi connectivity index (χ0) is 20.4. The molecule has 0 fully saturated rings. The first-order valence-electron chi connectivity index (χ1n) is 9.63. The number of benzene rings is 2. The lowest BCUT2D eigenvalue weighted by molar-refractivity contribution is -0.135. The van der Waals surface area contributed by atoms with Crippen molar-refractivity contribution in [2.45, 2.75) is 27.7 Å². The van der Waals surface area contributed by atoms with E-state index in [1.165, 1.54) is 11.9 Å². The smallest absolute Gasteiger partial charge is 0.277 e. The minimum atomic E-state index is -0.312. The number of nitrogens with zero attached hydrogens (tertiary/aromatic N) is 2. The number of carbonyl (C=O) groups is 2. The molecular formula is C23H27N3O2. The van der Waals surface area contributed by atoms with Crippen LogP contribution in [-0.2, 0) is 9.59 Å². The van der Waals surface area contributed by atoms with Crippen LogP contribution < -0.4 is 10.2 Å². The number of nitrogens with one attached hydrogen (secondary N) is 1. The molecule has 5 heteroatoms. The maximum absolute atomic E-state index is 12.8. The van der Waals surface area contributed by atoms with Crippen LogP contribution in [0.3, 0.4) is 0 Å². The van der Waals surface area contributed by atoms with Gasteiger partial charge in [0.25, 0.3) is 11.8 Å². The third-order valence-corrected chi connectivity index (χ3v) is 5.20. The summed E-state index contributed by atoms with van der Waals surface area (Å²) >= 11 is 0. The van der Waals surface area contributed by atoms with E-state index in [9.17, 15) is 9.59 Å². The van der Waals surface area contributed by atoms with Crippen LogP contribution >= 0.6 is 0 Å². The monoisotopic (exact) mass is 377 g/mol. The van der Waals surface area contributed by atoms with Gasteiger partial charge in [-0.05, 0) is 63.1 Å². The maximum atomic E-state index is 12.8. The molecule has 3 rings (SSSR count). The number of carbonyl (C=O) groups excluding carboxylic acids is 2. The lowest BCUT2D eigenvalue weighted by Crippen LogP contribution is -2.28. The topological polar surface area (TPSA) is 52.7 Å². The normalized spacial score (nSPS) is 14.1. The minimum Gasteiger partial charge on any atom is -0.372 e. The zero-order valence-electron chi connectivity index (χ0n) is 17.2. The Labute approximate surface area is 166 Å². The number of hydrogen-bond acceptors (Lipinski definition) is 4. The molecule has 146 valence electrons. The molecule has 2 aromatic rings. The molecule has 0 saturated carbocycles. The summed E-state index contributed by atoms with van der Waals surface area (Å²) in [6, 6.07) is 13.8. The largest absolute Gasteiger partial charge is 0.372 e. The Kier molecular flexibility index (Phi) is 5.54. The van der Waals surface area contributed by atoms with Gasteiger partial charge >= 0.3 is 0 Å². The average molecular weight is 377 g/mol. The maximum Gasteiger partial charge on any atom is 0.277 e. The third kappa shape index (κ3) is 3.52. The molecule has 1 aliphatic heterocycles. The summed E-state index contributed by atoms with van der Waals surface area (Å²) in [6.07, 6.45) is 0. The van der Waals surface area contributed by atoms with E-state index < -0.39 is 0 Å². The number of likely N-dealkylation sites (N-methyl/N-ethyl adjacent to an activating group) is 1. The SMILES string of the molecule is CCN(CC)c1ccc(NC2=C(c3ccc(C)cc3C)C(=O)N(C)C2=O)cc1. The first-order chi connectivity index (χ1) is 13.4. The van der Waals surface area contributed by atoms with Crippen molar-refractivity contribution < 1.29 is 9.59 Å². The van der Waals surface area contributed by atoms with Gasteiger partial charge in [0.2, 0.25) is 0 Å². The highest BCUT2D eigenvalue weighted by Crippen LogP contribution is 2.32. The lowest BCUT2D eigenvalue weighted by atomic mass is 9.97. The Bertz CT molecular complexity index is 941. The number of hydrogen-bond donors (Lipinski definition) is 1. The van der Waals surface area contributed by atoms with Crippen molar-refractivity contribution in [1.29, 1.82) is 0 Å². The van der Waals surface area contributed by atoms with E-state index in [4.69, 9.17) is 0 Å². The molecule has 0 unspecified atom stereocenters. The lowest BCUT2D eigenvalue weighted by Gasteiger charge is -2.21. The number of amides is 2. The molecule has 0 aliphatic carbocycles. The summed E-state index contributed by atoms with van der Waals surface area (Å²) in [5.74, 6) is -0.591. The molecule has 0 spiro atoms. The van der Waals surface area contributed by atoms with Gasteiger partial charge in [-0.1, -0.05) is 23.8 Å². The van der Waals surface area contributed by atoms with Crippen molar-refractivity contribution in [3.05, 3.63) is 64.9 Å². The van der Waals surface area contributed by atoms with E-state index in [2.05, 4.69) is 24.1 Å². The second kappa shape index (κ2) is 7.89. The Morgan fingerprint density at radius 2 is 1.57 bits per heavy atom. The van der Waals surface area contributed by atoms with Gasteiger partial charge in [-0.15, -0.1) is 0 Å². The molecule has 1 N–H and O–H groups in total. The van der Waals surface area contributed by atoms with Crippen molar-refractivity contribution in [2.75, 3.05) is 30.4 Å². The Balaban J connectivity index is 2.00. The molecule has 1 aliphatic rings. The summed E-state index contributed by atoms with van der Waals surface area (Å²) in [4.78, 5) is 28.9. The molecule has 2 amide bonds. The fraction of sp³-hybridized carbons (Fsp3) is 0.304. The highest BCUT2D eigenvalue weighted by Gasteiger charge is 2.37. The fourth-order valence-corrected chi connectivity index (χ4v) is 3.59. The average Bonchev–Trinajstić information content (AvgIpc) is 2.88. The van der Waals surface area contributed by atoms with Crippen LogP contribution in [0.5, 0.6) is 0 Å². The van der Waals surface area contributed by atoms with Gasteiger partial charge in [-0.3, -0.25) is 14.5 Å². The van der Waals surface area contributed by atoms with Gasteiger partial charge in [0.15, 0.2) is 0 Å². The highest BCUT2D eigenvalue weighted by atomic mass is 16.2. The van der Waals surface area contributed by atoms with Crippen molar-refractivity contribution in [1.82, 2.24) is 4.90 Å². The molecule has 2 aromatic carbocycles. The van der Waals surface area contributed by atoms with E-state index in [-0.39, 0.29) is 11.8 Å². The van der Waals surface area contributed by atoms with Gasteiger partial charge in [0.1, 0.15) is 5.70 Å². The highest BCUT2D eigenvalue weighted by molar-refractivity contribution is 6.36. The fourth-order valence-electron chi connectivity index (χ4n) is 3.59. The molecule has 1 heterocycles. The number of rotatable bonds is 6. The molecule has 0 atom stereocenters. The summed E-state index contributed by atoms with van der Waals surface area (Å²) < 4.78 is 0. The van der Waals surface area contributed by atoms with Crippen molar-refractivity contribution in [2.24, 2.45) is 0 Å². The summed E-state index contributed by atoms with van der Waals surface area (Å²) in [5.41, 5.74) is 5.55. The molecule has 5 nitrogen and oxygen atoms in total. The predicted molar refractivity (Wildman–Crippen MR) is 114 cm³/mol. The van der Waals surface area contributed by atoms with E-state index in [0.717, 1.165) is 41.2 Å². The Morgan fingerprint density at radius 1 is 0.929 bits per heavy atom. The first kappa shape index (κ1) is 19.7.